The number of carbonyl (C=O) groups is 2. The summed E-state index contributed by atoms with van der Waals surface area (Å²) < 4.78 is 0. The van der Waals surface area contributed by atoms with Gasteiger partial charge < -0.3 is 10.2 Å². The van der Waals surface area contributed by atoms with Crippen LogP contribution in [0.4, 0.5) is 0 Å². The summed E-state index contributed by atoms with van der Waals surface area (Å²) in [5.41, 5.74) is 2.31. The molecule has 0 bridgehead atoms. The van der Waals surface area contributed by atoms with E-state index in [1.807, 2.05) is 50.2 Å². The number of amides is 2. The molecule has 0 aliphatic rings. The van der Waals surface area contributed by atoms with Crippen LogP contribution in [0.25, 0.3) is 0 Å². The van der Waals surface area contributed by atoms with Gasteiger partial charge in [-0.2, -0.15) is 0 Å². The quantitative estimate of drug-likeness (QED) is 0.320. The highest BCUT2D eigenvalue weighted by Crippen LogP contribution is 2.27. The second-order valence-electron chi connectivity index (χ2n) is 8.87. The first-order valence-corrected chi connectivity index (χ1v) is 12.7. The van der Waals surface area contributed by atoms with Crippen molar-refractivity contribution >= 4 is 46.6 Å². The zero-order valence-corrected chi connectivity index (χ0v) is 22.1. The topological polar surface area (TPSA) is 49.4 Å². The summed E-state index contributed by atoms with van der Waals surface area (Å²) in [6.07, 6.45) is 0.444. The number of hydrogen-bond donors (Lipinski definition) is 1. The lowest BCUT2D eigenvalue weighted by Crippen LogP contribution is -2.51. The number of halogens is 3. The Morgan fingerprint density at radius 2 is 1.49 bits per heavy atom. The molecule has 0 aliphatic carbocycles. The minimum absolute atomic E-state index is 0.0887. The number of benzene rings is 3. The molecule has 3 aromatic carbocycles. The van der Waals surface area contributed by atoms with Crippen LogP contribution in [0.3, 0.4) is 0 Å². The van der Waals surface area contributed by atoms with E-state index >= 15 is 0 Å². The largest absolute Gasteiger partial charge is 0.354 e. The van der Waals surface area contributed by atoms with Gasteiger partial charge in [0.15, 0.2) is 0 Å². The molecule has 0 aliphatic heterocycles. The van der Waals surface area contributed by atoms with E-state index in [1.54, 1.807) is 41.3 Å². The van der Waals surface area contributed by atoms with Crippen molar-refractivity contribution in [1.82, 2.24) is 10.2 Å². The lowest BCUT2D eigenvalue weighted by atomic mass is 10.0. The molecule has 4 nitrogen and oxygen atoms in total. The lowest BCUT2D eigenvalue weighted by Gasteiger charge is -2.32. The van der Waals surface area contributed by atoms with E-state index in [0.29, 0.717) is 33.6 Å². The fourth-order valence-electron chi connectivity index (χ4n) is 3.75. The molecule has 1 N–H and O–H groups in total. The summed E-state index contributed by atoms with van der Waals surface area (Å²) in [7, 11) is 0. The van der Waals surface area contributed by atoms with Crippen molar-refractivity contribution in [1.29, 1.82) is 0 Å². The highest BCUT2D eigenvalue weighted by Gasteiger charge is 2.31. The maximum absolute atomic E-state index is 13.7. The van der Waals surface area contributed by atoms with Crippen LogP contribution >= 0.6 is 34.8 Å². The van der Waals surface area contributed by atoms with Crippen LogP contribution in [-0.2, 0) is 29.0 Å². The maximum Gasteiger partial charge on any atom is 0.243 e. The molecule has 3 rings (SSSR count). The normalized spacial score (nSPS) is 11.8. The van der Waals surface area contributed by atoms with Gasteiger partial charge in [0.2, 0.25) is 11.8 Å². The molecule has 7 heteroatoms. The molecule has 2 amide bonds. The molecule has 0 unspecified atom stereocenters. The lowest BCUT2D eigenvalue weighted by molar-refractivity contribution is -0.140. The minimum Gasteiger partial charge on any atom is -0.354 e. The Bertz CT molecular complexity index is 1130. The molecule has 35 heavy (non-hydrogen) atoms. The van der Waals surface area contributed by atoms with Gasteiger partial charge in [-0.15, -0.1) is 0 Å². The number of rotatable bonds is 10. The van der Waals surface area contributed by atoms with E-state index in [4.69, 9.17) is 34.8 Å². The smallest absolute Gasteiger partial charge is 0.243 e. The molecule has 0 fully saturated rings. The SMILES string of the molecule is CC(C)CNC(=O)[C@H](Cc1ccccc1)N(Cc1c(Cl)cccc1Cl)C(=O)Cc1cccc(Cl)c1. The summed E-state index contributed by atoms with van der Waals surface area (Å²) in [6, 6.07) is 21.3. The minimum atomic E-state index is -0.754. The fourth-order valence-corrected chi connectivity index (χ4v) is 4.48. The van der Waals surface area contributed by atoms with E-state index in [1.165, 1.54) is 0 Å². The molecule has 0 heterocycles. The fraction of sp³-hybridized carbons (Fsp3) is 0.286. The van der Waals surface area contributed by atoms with E-state index in [9.17, 15) is 9.59 Å². The highest BCUT2D eigenvalue weighted by molar-refractivity contribution is 6.36. The predicted octanol–water partition coefficient (Wildman–Crippen LogP) is 6.60. The van der Waals surface area contributed by atoms with Crippen molar-refractivity contribution in [2.45, 2.75) is 39.3 Å². The van der Waals surface area contributed by atoms with Gasteiger partial charge in [-0.05, 0) is 41.3 Å². The molecule has 0 spiro atoms. The van der Waals surface area contributed by atoms with Crippen molar-refractivity contribution in [3.63, 3.8) is 0 Å². The van der Waals surface area contributed by atoms with E-state index in [0.717, 1.165) is 11.1 Å². The second kappa shape index (κ2) is 13.0. The third-order valence-electron chi connectivity index (χ3n) is 5.59. The Balaban J connectivity index is 2.01. The predicted molar refractivity (Wildman–Crippen MR) is 144 cm³/mol. The first-order chi connectivity index (χ1) is 16.7. The maximum atomic E-state index is 13.7. The van der Waals surface area contributed by atoms with Gasteiger partial charge in [0, 0.05) is 40.1 Å². The van der Waals surface area contributed by atoms with Crippen LogP contribution in [0.15, 0.2) is 72.8 Å². The highest BCUT2D eigenvalue weighted by atomic mass is 35.5. The van der Waals surface area contributed by atoms with Gasteiger partial charge in [-0.1, -0.05) is 97.2 Å². The van der Waals surface area contributed by atoms with Crippen LogP contribution in [-0.4, -0.2) is 29.3 Å². The van der Waals surface area contributed by atoms with Gasteiger partial charge >= 0.3 is 0 Å². The van der Waals surface area contributed by atoms with Crippen LogP contribution in [0.2, 0.25) is 15.1 Å². The number of nitrogens with one attached hydrogen (secondary N) is 1. The zero-order valence-electron chi connectivity index (χ0n) is 19.8. The Labute approximate surface area is 222 Å². The standard InChI is InChI=1S/C28H29Cl3N2O2/c1-19(2)17-32-28(35)26(15-20-8-4-3-5-9-20)33(18-23-24(30)12-7-13-25(23)31)27(34)16-21-10-6-11-22(29)14-21/h3-14,19,26H,15-18H2,1-2H3,(H,32,35)/t26-/m0/s1. The van der Waals surface area contributed by atoms with Gasteiger partial charge in [0.25, 0.3) is 0 Å². The zero-order chi connectivity index (χ0) is 25.4. The van der Waals surface area contributed by atoms with Gasteiger partial charge in [0.1, 0.15) is 6.04 Å². The molecular formula is C28H29Cl3N2O2. The summed E-state index contributed by atoms with van der Waals surface area (Å²) in [5, 5.41) is 4.44. The molecule has 1 atom stereocenters. The first-order valence-electron chi connectivity index (χ1n) is 11.5. The van der Waals surface area contributed by atoms with Crippen molar-refractivity contribution in [3.8, 4) is 0 Å². The summed E-state index contributed by atoms with van der Waals surface area (Å²) >= 11 is 19.1. The number of hydrogen-bond acceptors (Lipinski definition) is 2. The Hall–Kier alpha value is -2.53. The third-order valence-corrected chi connectivity index (χ3v) is 6.53. The molecule has 0 radical (unpaired) electrons. The van der Waals surface area contributed by atoms with E-state index < -0.39 is 6.04 Å². The molecular weight excluding hydrogens is 503 g/mol. The summed E-state index contributed by atoms with van der Waals surface area (Å²) in [5.74, 6) is -0.168. The van der Waals surface area contributed by atoms with Gasteiger partial charge in [0.05, 0.1) is 6.42 Å². The van der Waals surface area contributed by atoms with Crippen LogP contribution < -0.4 is 5.32 Å². The van der Waals surface area contributed by atoms with E-state index in [2.05, 4.69) is 5.32 Å². The van der Waals surface area contributed by atoms with Crippen molar-refractivity contribution in [2.24, 2.45) is 5.92 Å². The van der Waals surface area contributed by atoms with Crippen molar-refractivity contribution < 1.29 is 9.59 Å². The van der Waals surface area contributed by atoms with Crippen LogP contribution in [0.5, 0.6) is 0 Å². The molecule has 184 valence electrons. The van der Waals surface area contributed by atoms with Crippen molar-refractivity contribution in [2.75, 3.05) is 6.54 Å². The van der Waals surface area contributed by atoms with E-state index in [-0.39, 0.29) is 30.7 Å². The Morgan fingerprint density at radius 1 is 0.857 bits per heavy atom. The van der Waals surface area contributed by atoms with Crippen LogP contribution in [0.1, 0.15) is 30.5 Å². The Kier molecular flexibility index (Phi) is 10.0. The second-order valence-corrected chi connectivity index (χ2v) is 10.1. The number of carbonyl (C=O) groups excluding carboxylic acids is 2. The number of nitrogens with zero attached hydrogens (tertiary/aromatic N) is 1. The van der Waals surface area contributed by atoms with Crippen LogP contribution in [0, 0.1) is 5.92 Å². The average Bonchev–Trinajstić information content (AvgIpc) is 2.82. The third kappa shape index (κ3) is 7.99. The van der Waals surface area contributed by atoms with Crippen molar-refractivity contribution in [3.05, 3.63) is 105 Å². The molecule has 0 saturated carbocycles. The monoisotopic (exact) mass is 530 g/mol. The summed E-state index contributed by atoms with van der Waals surface area (Å²) in [4.78, 5) is 28.8. The average molecular weight is 532 g/mol. The molecule has 0 saturated heterocycles. The van der Waals surface area contributed by atoms with Gasteiger partial charge in [-0.25, -0.2) is 0 Å². The molecule has 3 aromatic rings. The summed E-state index contributed by atoms with van der Waals surface area (Å²) in [6.45, 7) is 4.66. The molecule has 0 aromatic heterocycles. The van der Waals surface area contributed by atoms with Gasteiger partial charge in [-0.3, -0.25) is 9.59 Å². The first kappa shape index (κ1) is 27.1. The Morgan fingerprint density at radius 3 is 2.11 bits per heavy atom.